The summed E-state index contributed by atoms with van der Waals surface area (Å²) in [4.78, 5) is 39.6. The Morgan fingerprint density at radius 3 is 2.21 bits per heavy atom. The van der Waals surface area contributed by atoms with E-state index in [-0.39, 0.29) is 11.8 Å². The Morgan fingerprint density at radius 1 is 1.04 bits per heavy atom. The number of hydrogen-bond donors (Lipinski definition) is 2. The average Bonchev–Trinajstić information content (AvgIpc) is 2.90. The van der Waals surface area contributed by atoms with Crippen LogP contribution in [0, 0.1) is 27.7 Å². The number of amides is 1. The van der Waals surface area contributed by atoms with Gasteiger partial charge in [-0.3, -0.25) is 4.79 Å². The first-order valence-electron chi connectivity index (χ1n) is 9.05. The van der Waals surface area contributed by atoms with E-state index in [1.54, 1.807) is 27.7 Å². The largest absolute Gasteiger partial charge is 0.459 e. The molecule has 1 aromatic heterocycles. The van der Waals surface area contributed by atoms with Crippen LogP contribution in [0.4, 0.5) is 5.69 Å². The molecule has 0 aliphatic heterocycles. The molecule has 0 radical (unpaired) electrons. The van der Waals surface area contributed by atoms with Crippen LogP contribution in [0.15, 0.2) is 18.2 Å². The first-order valence-corrected chi connectivity index (χ1v) is 9.05. The van der Waals surface area contributed by atoms with Crippen molar-refractivity contribution >= 4 is 23.5 Å². The van der Waals surface area contributed by atoms with Crippen molar-refractivity contribution in [2.45, 2.75) is 47.6 Å². The highest BCUT2D eigenvalue weighted by atomic mass is 16.5. The van der Waals surface area contributed by atoms with Crippen molar-refractivity contribution in [3.05, 3.63) is 51.8 Å². The van der Waals surface area contributed by atoms with E-state index in [1.807, 2.05) is 32.0 Å². The summed E-state index contributed by atoms with van der Waals surface area (Å²) in [5.41, 5.74) is 3.92. The molecule has 2 N–H and O–H groups in total. The van der Waals surface area contributed by atoms with E-state index in [1.165, 1.54) is 0 Å². The number of carbonyl (C=O) groups excluding carboxylic acids is 3. The summed E-state index contributed by atoms with van der Waals surface area (Å²) >= 11 is 0. The monoisotopic (exact) mass is 386 g/mol. The molecule has 7 heteroatoms. The maximum atomic E-state index is 12.4. The molecular weight excluding hydrogens is 360 g/mol. The van der Waals surface area contributed by atoms with Crippen LogP contribution in [0.2, 0.25) is 0 Å². The summed E-state index contributed by atoms with van der Waals surface area (Å²) in [6.07, 6.45) is -0.273. The number of aromatic amines is 1. The summed E-state index contributed by atoms with van der Waals surface area (Å²) in [5.74, 6) is -1.65. The van der Waals surface area contributed by atoms with Gasteiger partial charge in [0.2, 0.25) is 0 Å². The molecule has 0 unspecified atom stereocenters. The molecule has 0 saturated carbocycles. The summed E-state index contributed by atoms with van der Waals surface area (Å²) in [7, 11) is 0. The van der Waals surface area contributed by atoms with Gasteiger partial charge >= 0.3 is 11.9 Å². The van der Waals surface area contributed by atoms with Gasteiger partial charge in [0.15, 0.2) is 6.61 Å². The standard InChI is InChI=1S/C21H26N2O5/c1-11(2)28-20(25)17-14(5)19(22-15(17)6)21(26)27-10-16(24)23-18-12(3)8-7-9-13(18)4/h7-9,11,22H,10H2,1-6H3,(H,23,24). The van der Waals surface area contributed by atoms with E-state index in [0.29, 0.717) is 22.5 Å². The third-order valence-corrected chi connectivity index (χ3v) is 4.27. The Bertz CT molecular complexity index is 892. The molecule has 1 amide bonds. The number of hydrogen-bond acceptors (Lipinski definition) is 5. The fraction of sp³-hybridized carbons (Fsp3) is 0.381. The molecule has 0 saturated heterocycles. The highest BCUT2D eigenvalue weighted by Gasteiger charge is 2.25. The Balaban J connectivity index is 2.05. The second kappa shape index (κ2) is 8.73. The van der Waals surface area contributed by atoms with Crippen LogP contribution in [-0.4, -0.2) is 35.5 Å². The smallest absolute Gasteiger partial charge is 0.355 e. The van der Waals surface area contributed by atoms with Crippen molar-refractivity contribution in [1.29, 1.82) is 0 Å². The number of carbonyl (C=O) groups is 3. The van der Waals surface area contributed by atoms with Gasteiger partial charge in [-0.05, 0) is 58.2 Å². The molecule has 150 valence electrons. The molecule has 1 heterocycles. The lowest BCUT2D eigenvalue weighted by Crippen LogP contribution is -2.22. The van der Waals surface area contributed by atoms with Gasteiger partial charge in [0, 0.05) is 11.4 Å². The predicted molar refractivity (Wildman–Crippen MR) is 106 cm³/mol. The topological polar surface area (TPSA) is 97.5 Å². The zero-order valence-electron chi connectivity index (χ0n) is 17.1. The summed E-state index contributed by atoms with van der Waals surface area (Å²) in [6, 6.07) is 5.67. The molecule has 0 spiro atoms. The molecule has 0 fully saturated rings. The number of esters is 2. The van der Waals surface area contributed by atoms with Crippen molar-refractivity contribution < 1.29 is 23.9 Å². The Morgan fingerprint density at radius 2 is 1.64 bits per heavy atom. The lowest BCUT2D eigenvalue weighted by Gasteiger charge is -2.11. The van der Waals surface area contributed by atoms with Gasteiger partial charge in [-0.2, -0.15) is 0 Å². The van der Waals surface area contributed by atoms with E-state index in [9.17, 15) is 14.4 Å². The van der Waals surface area contributed by atoms with Crippen LogP contribution < -0.4 is 5.32 Å². The summed E-state index contributed by atoms with van der Waals surface area (Å²) in [5, 5.41) is 2.76. The molecule has 0 aliphatic carbocycles. The van der Waals surface area contributed by atoms with Crippen molar-refractivity contribution in [1.82, 2.24) is 4.98 Å². The zero-order chi connectivity index (χ0) is 21.0. The Labute approximate surface area is 164 Å². The minimum absolute atomic E-state index is 0.132. The van der Waals surface area contributed by atoms with Crippen molar-refractivity contribution in [3.8, 4) is 0 Å². The predicted octanol–water partition coefficient (Wildman–Crippen LogP) is 3.61. The van der Waals surface area contributed by atoms with Crippen LogP contribution in [0.3, 0.4) is 0 Å². The molecule has 0 aliphatic rings. The minimum Gasteiger partial charge on any atom is -0.459 e. The van der Waals surface area contributed by atoms with E-state index in [0.717, 1.165) is 11.1 Å². The number of H-pyrrole nitrogens is 1. The van der Waals surface area contributed by atoms with Crippen LogP contribution in [0.1, 0.15) is 57.1 Å². The van der Waals surface area contributed by atoms with Crippen molar-refractivity contribution in [2.75, 3.05) is 11.9 Å². The second-order valence-corrected chi connectivity index (χ2v) is 6.97. The fourth-order valence-corrected chi connectivity index (χ4v) is 2.92. The number of para-hydroxylation sites is 1. The van der Waals surface area contributed by atoms with Gasteiger partial charge in [0.25, 0.3) is 5.91 Å². The third kappa shape index (κ3) is 4.79. The number of nitrogens with one attached hydrogen (secondary N) is 2. The zero-order valence-corrected chi connectivity index (χ0v) is 17.1. The number of anilines is 1. The Hall–Kier alpha value is -3.09. The lowest BCUT2D eigenvalue weighted by molar-refractivity contribution is -0.119. The molecule has 28 heavy (non-hydrogen) atoms. The van der Waals surface area contributed by atoms with Gasteiger partial charge in [0.05, 0.1) is 11.7 Å². The fourth-order valence-electron chi connectivity index (χ4n) is 2.92. The van der Waals surface area contributed by atoms with Crippen LogP contribution >= 0.6 is 0 Å². The van der Waals surface area contributed by atoms with Gasteiger partial charge in [0.1, 0.15) is 5.69 Å². The molecule has 1 aromatic carbocycles. The maximum absolute atomic E-state index is 12.4. The lowest BCUT2D eigenvalue weighted by atomic mass is 10.1. The van der Waals surface area contributed by atoms with Gasteiger partial charge in [-0.15, -0.1) is 0 Å². The van der Waals surface area contributed by atoms with E-state index < -0.39 is 24.5 Å². The average molecular weight is 386 g/mol. The highest BCUT2D eigenvalue weighted by molar-refractivity contribution is 6.00. The van der Waals surface area contributed by atoms with Crippen molar-refractivity contribution in [3.63, 3.8) is 0 Å². The number of rotatable bonds is 6. The van der Waals surface area contributed by atoms with Gasteiger partial charge in [-0.25, -0.2) is 9.59 Å². The Kier molecular flexibility index (Phi) is 6.62. The van der Waals surface area contributed by atoms with E-state index in [4.69, 9.17) is 9.47 Å². The molecule has 7 nitrogen and oxygen atoms in total. The van der Waals surface area contributed by atoms with Gasteiger partial charge in [-0.1, -0.05) is 18.2 Å². The SMILES string of the molecule is Cc1cccc(C)c1NC(=O)COC(=O)c1[nH]c(C)c(C(=O)OC(C)C)c1C. The number of aryl methyl sites for hydroxylation is 3. The highest BCUT2D eigenvalue weighted by Crippen LogP contribution is 2.21. The minimum atomic E-state index is -0.708. The molecule has 0 atom stereocenters. The first-order chi connectivity index (χ1) is 13.1. The number of benzene rings is 1. The van der Waals surface area contributed by atoms with Crippen LogP contribution in [-0.2, 0) is 14.3 Å². The summed E-state index contributed by atoms with van der Waals surface area (Å²) in [6.45, 7) is 10.1. The first kappa shape index (κ1) is 21.2. The molecule has 0 bridgehead atoms. The molecule has 2 rings (SSSR count). The van der Waals surface area contributed by atoms with E-state index >= 15 is 0 Å². The molecule has 2 aromatic rings. The number of aromatic nitrogens is 1. The van der Waals surface area contributed by atoms with Crippen molar-refractivity contribution in [2.24, 2.45) is 0 Å². The number of ether oxygens (including phenoxy) is 2. The normalized spacial score (nSPS) is 10.7. The second-order valence-electron chi connectivity index (χ2n) is 6.97. The van der Waals surface area contributed by atoms with Crippen LogP contribution in [0.5, 0.6) is 0 Å². The quantitative estimate of drug-likeness (QED) is 0.739. The summed E-state index contributed by atoms with van der Waals surface area (Å²) < 4.78 is 10.3. The van der Waals surface area contributed by atoms with E-state index in [2.05, 4.69) is 10.3 Å². The maximum Gasteiger partial charge on any atom is 0.355 e. The molecular formula is C21H26N2O5. The van der Waals surface area contributed by atoms with Crippen LogP contribution in [0.25, 0.3) is 0 Å². The van der Waals surface area contributed by atoms with Gasteiger partial charge < -0.3 is 19.8 Å². The third-order valence-electron chi connectivity index (χ3n) is 4.27.